The highest BCUT2D eigenvalue weighted by Gasteiger charge is 2.38. The van der Waals surface area contributed by atoms with E-state index in [0.717, 1.165) is 12.0 Å². The number of rotatable bonds is 4. The number of hydrogen-bond donors (Lipinski definition) is 2. The van der Waals surface area contributed by atoms with E-state index in [4.69, 9.17) is 4.74 Å². The first-order chi connectivity index (χ1) is 10.6. The molecule has 2 N–H and O–H groups in total. The molecule has 7 heteroatoms. The van der Waals surface area contributed by atoms with Crippen molar-refractivity contribution >= 4 is 0 Å². The van der Waals surface area contributed by atoms with Crippen LogP contribution < -0.4 is 16.0 Å². The average molecular weight is 300 g/mol. The van der Waals surface area contributed by atoms with E-state index in [-0.39, 0.29) is 5.56 Å². The molecule has 2 atom stereocenters. The standard InChI is InChI=1S/C15H16N4O3/c1-3-4-8-5-9(8)10-6-12(18-19-14(10)22-2)11-7-16-15(21)17-13(11)20/h3-4,6-9H,5H2,1-2H3,(H2,16,17,20,21)/b4-3+/t8-,9-/m0/s1. The minimum absolute atomic E-state index is 0.277. The first-order valence-corrected chi connectivity index (χ1v) is 7.01. The van der Waals surface area contributed by atoms with Crippen molar-refractivity contribution in [2.45, 2.75) is 19.3 Å². The SMILES string of the molecule is C/C=C/[C@H]1C[C@@H]1c1cc(-c2c[nH]c(=O)[nH]c2=O)nnc1OC. The van der Waals surface area contributed by atoms with Gasteiger partial charge in [-0.05, 0) is 31.2 Å². The lowest BCUT2D eigenvalue weighted by Crippen LogP contribution is -2.23. The Hall–Kier alpha value is -2.70. The monoisotopic (exact) mass is 300 g/mol. The summed E-state index contributed by atoms with van der Waals surface area (Å²) >= 11 is 0. The normalized spacial score (nSPS) is 20.3. The van der Waals surface area contributed by atoms with Gasteiger partial charge in [0, 0.05) is 11.8 Å². The van der Waals surface area contributed by atoms with Crippen LogP contribution in [0.25, 0.3) is 11.3 Å². The minimum atomic E-state index is -0.550. The Bertz CT molecular complexity index is 837. The molecule has 1 aliphatic rings. The Kier molecular flexibility index (Phi) is 3.62. The van der Waals surface area contributed by atoms with Crippen LogP contribution in [0.5, 0.6) is 5.88 Å². The van der Waals surface area contributed by atoms with E-state index in [0.29, 0.717) is 23.4 Å². The van der Waals surface area contributed by atoms with Crippen LogP contribution in [0.2, 0.25) is 0 Å². The van der Waals surface area contributed by atoms with Crippen molar-refractivity contribution in [3.05, 3.63) is 50.8 Å². The smallest absolute Gasteiger partial charge is 0.325 e. The summed E-state index contributed by atoms with van der Waals surface area (Å²) in [7, 11) is 1.55. The third kappa shape index (κ3) is 2.57. The van der Waals surface area contributed by atoms with Crippen LogP contribution in [-0.2, 0) is 0 Å². The molecule has 0 bridgehead atoms. The van der Waals surface area contributed by atoms with E-state index in [1.165, 1.54) is 6.20 Å². The Morgan fingerprint density at radius 3 is 2.86 bits per heavy atom. The van der Waals surface area contributed by atoms with Gasteiger partial charge in [-0.15, -0.1) is 10.2 Å². The molecule has 0 spiro atoms. The fraction of sp³-hybridized carbons (Fsp3) is 0.333. The number of H-pyrrole nitrogens is 2. The van der Waals surface area contributed by atoms with Gasteiger partial charge in [0.1, 0.15) is 5.69 Å². The average Bonchev–Trinajstić information content (AvgIpc) is 3.26. The van der Waals surface area contributed by atoms with Crippen LogP contribution in [0.4, 0.5) is 0 Å². The molecule has 0 radical (unpaired) electrons. The Balaban J connectivity index is 2.04. The lowest BCUT2D eigenvalue weighted by atomic mass is 10.1. The van der Waals surface area contributed by atoms with E-state index >= 15 is 0 Å². The summed E-state index contributed by atoms with van der Waals surface area (Å²) in [6, 6.07) is 1.81. The maximum atomic E-state index is 11.9. The van der Waals surface area contributed by atoms with Gasteiger partial charge in [0.2, 0.25) is 5.88 Å². The highest BCUT2D eigenvalue weighted by molar-refractivity contribution is 5.58. The molecule has 2 aromatic rings. The van der Waals surface area contributed by atoms with E-state index in [9.17, 15) is 9.59 Å². The van der Waals surface area contributed by atoms with Crippen LogP contribution >= 0.6 is 0 Å². The molecule has 0 unspecified atom stereocenters. The lowest BCUT2D eigenvalue weighted by molar-refractivity contribution is 0.386. The largest absolute Gasteiger partial charge is 0.480 e. The number of hydrogen-bond acceptors (Lipinski definition) is 5. The zero-order valence-corrected chi connectivity index (χ0v) is 12.3. The number of methoxy groups -OCH3 is 1. The molecule has 0 saturated heterocycles. The lowest BCUT2D eigenvalue weighted by Gasteiger charge is -2.07. The van der Waals surface area contributed by atoms with Crippen LogP contribution in [0.3, 0.4) is 0 Å². The van der Waals surface area contributed by atoms with Gasteiger partial charge in [0.05, 0.1) is 12.7 Å². The van der Waals surface area contributed by atoms with Gasteiger partial charge in [-0.2, -0.15) is 0 Å². The summed E-state index contributed by atoms with van der Waals surface area (Å²) in [6.45, 7) is 1.99. The number of aromatic nitrogens is 4. The summed E-state index contributed by atoms with van der Waals surface area (Å²) in [6.07, 6.45) is 6.54. The van der Waals surface area contributed by atoms with E-state index < -0.39 is 11.2 Å². The van der Waals surface area contributed by atoms with Crippen LogP contribution in [-0.4, -0.2) is 27.3 Å². The van der Waals surface area contributed by atoms with Crippen LogP contribution in [0.15, 0.2) is 34.0 Å². The van der Waals surface area contributed by atoms with Crippen molar-refractivity contribution in [3.8, 4) is 17.1 Å². The summed E-state index contributed by atoms with van der Waals surface area (Å²) in [4.78, 5) is 27.6. The summed E-state index contributed by atoms with van der Waals surface area (Å²) in [5, 5.41) is 8.07. The van der Waals surface area contributed by atoms with E-state index in [1.54, 1.807) is 7.11 Å². The maximum Gasteiger partial charge on any atom is 0.325 e. The summed E-state index contributed by atoms with van der Waals surface area (Å²) in [5.74, 6) is 1.26. The molecule has 0 amide bonds. The fourth-order valence-corrected chi connectivity index (χ4v) is 2.58. The van der Waals surface area contributed by atoms with Crippen LogP contribution in [0, 0.1) is 5.92 Å². The van der Waals surface area contributed by atoms with Gasteiger partial charge in [0.25, 0.3) is 5.56 Å². The molecule has 3 rings (SSSR count). The molecule has 2 heterocycles. The van der Waals surface area contributed by atoms with Gasteiger partial charge < -0.3 is 9.72 Å². The molecule has 1 aliphatic carbocycles. The maximum absolute atomic E-state index is 11.9. The second-order valence-corrected chi connectivity index (χ2v) is 5.21. The zero-order valence-electron chi connectivity index (χ0n) is 12.3. The Morgan fingerprint density at radius 2 is 2.18 bits per heavy atom. The topological polar surface area (TPSA) is 101 Å². The van der Waals surface area contributed by atoms with Gasteiger partial charge in [-0.3, -0.25) is 9.78 Å². The molecule has 22 heavy (non-hydrogen) atoms. The number of nitrogens with zero attached hydrogens (tertiary/aromatic N) is 2. The first-order valence-electron chi connectivity index (χ1n) is 7.01. The molecule has 0 aliphatic heterocycles. The van der Waals surface area contributed by atoms with E-state index in [1.807, 2.05) is 19.1 Å². The number of allylic oxidation sites excluding steroid dienone is 2. The Morgan fingerprint density at radius 1 is 1.36 bits per heavy atom. The molecule has 0 aromatic carbocycles. The Labute approximate surface area is 126 Å². The van der Waals surface area contributed by atoms with Crippen molar-refractivity contribution in [2.24, 2.45) is 5.92 Å². The molecule has 1 fully saturated rings. The minimum Gasteiger partial charge on any atom is -0.480 e. The molecule has 114 valence electrons. The van der Waals surface area contributed by atoms with Crippen molar-refractivity contribution in [1.29, 1.82) is 0 Å². The second-order valence-electron chi connectivity index (χ2n) is 5.21. The highest BCUT2D eigenvalue weighted by atomic mass is 16.5. The number of aromatic amines is 2. The van der Waals surface area contributed by atoms with Crippen LogP contribution in [0.1, 0.15) is 24.8 Å². The van der Waals surface area contributed by atoms with Gasteiger partial charge in [-0.1, -0.05) is 12.2 Å². The molecular weight excluding hydrogens is 284 g/mol. The summed E-state index contributed by atoms with van der Waals surface area (Å²) in [5.41, 5.74) is 0.584. The quantitative estimate of drug-likeness (QED) is 0.826. The first kappa shape index (κ1) is 14.2. The molecule has 1 saturated carbocycles. The van der Waals surface area contributed by atoms with Gasteiger partial charge in [-0.25, -0.2) is 4.79 Å². The summed E-state index contributed by atoms with van der Waals surface area (Å²) < 4.78 is 5.27. The third-order valence-electron chi connectivity index (χ3n) is 3.76. The van der Waals surface area contributed by atoms with Crippen molar-refractivity contribution in [2.75, 3.05) is 7.11 Å². The fourth-order valence-electron chi connectivity index (χ4n) is 2.58. The van der Waals surface area contributed by atoms with Crippen molar-refractivity contribution in [1.82, 2.24) is 20.2 Å². The second kappa shape index (κ2) is 5.59. The van der Waals surface area contributed by atoms with Gasteiger partial charge in [0.15, 0.2) is 0 Å². The predicted octanol–water partition coefficient (Wildman–Crippen LogP) is 1.21. The third-order valence-corrected chi connectivity index (χ3v) is 3.76. The number of nitrogens with one attached hydrogen (secondary N) is 2. The zero-order chi connectivity index (χ0) is 15.7. The molecular formula is C15H16N4O3. The van der Waals surface area contributed by atoms with E-state index in [2.05, 4.69) is 26.2 Å². The predicted molar refractivity (Wildman–Crippen MR) is 80.9 cm³/mol. The highest BCUT2D eigenvalue weighted by Crippen LogP contribution is 2.51. The van der Waals surface area contributed by atoms with Crippen molar-refractivity contribution < 1.29 is 4.74 Å². The van der Waals surface area contributed by atoms with Gasteiger partial charge >= 0.3 is 5.69 Å². The molecule has 7 nitrogen and oxygen atoms in total. The van der Waals surface area contributed by atoms with Crippen molar-refractivity contribution in [3.63, 3.8) is 0 Å². The molecule has 2 aromatic heterocycles. The number of ether oxygens (including phenoxy) is 1.